The molecule has 1 heterocycles. The number of rotatable bonds is 5. The largest absolute Gasteiger partial charge is 0.487 e. The number of carbonyl (C=O) groups excluding carboxylic acids is 1. The molecule has 1 fully saturated rings. The summed E-state index contributed by atoms with van der Waals surface area (Å²) in [7, 11) is 0. The predicted octanol–water partition coefficient (Wildman–Crippen LogP) is 2.63. The van der Waals surface area contributed by atoms with Crippen LogP contribution in [0.15, 0.2) is 18.2 Å². The fourth-order valence-corrected chi connectivity index (χ4v) is 2.47. The van der Waals surface area contributed by atoms with Crippen molar-refractivity contribution in [2.24, 2.45) is 0 Å². The number of halogens is 2. The van der Waals surface area contributed by atoms with E-state index in [9.17, 15) is 18.7 Å². The summed E-state index contributed by atoms with van der Waals surface area (Å²) < 4.78 is 29.5. The number of alkyl halides is 2. The average Bonchev–Trinajstić information content (AvgIpc) is 2.96. The summed E-state index contributed by atoms with van der Waals surface area (Å²) in [4.78, 5) is 13.8. The molecule has 122 valence electrons. The summed E-state index contributed by atoms with van der Waals surface area (Å²) >= 11 is 0. The van der Waals surface area contributed by atoms with E-state index >= 15 is 0 Å². The second-order valence-electron chi connectivity index (χ2n) is 5.28. The monoisotopic (exact) mass is 314 g/mol. The average molecular weight is 314 g/mol. The molecular formula is C15H20F2N2O3. The molecule has 2 rings (SSSR count). The number of nitrogens with one attached hydrogen (secondary N) is 1. The minimum Gasteiger partial charge on any atom is -0.487 e. The minimum absolute atomic E-state index is 0.0654. The van der Waals surface area contributed by atoms with E-state index in [1.54, 1.807) is 24.0 Å². The summed E-state index contributed by atoms with van der Waals surface area (Å²) in [5, 5.41) is 12.0. The fraction of sp³-hybridized carbons (Fsp3) is 0.533. The highest BCUT2D eigenvalue weighted by Crippen LogP contribution is 2.24. The maximum absolute atomic E-state index is 12.2. The molecule has 1 saturated heterocycles. The van der Waals surface area contributed by atoms with Crippen LogP contribution in [0.5, 0.6) is 5.75 Å². The number of amides is 2. The minimum atomic E-state index is -2.55. The van der Waals surface area contributed by atoms with Crippen LogP contribution in [0.25, 0.3) is 0 Å². The van der Waals surface area contributed by atoms with Gasteiger partial charge in [0.2, 0.25) is 0 Å². The topological polar surface area (TPSA) is 61.8 Å². The van der Waals surface area contributed by atoms with Crippen LogP contribution in [0, 0.1) is 6.92 Å². The lowest BCUT2D eigenvalue weighted by Crippen LogP contribution is -2.40. The van der Waals surface area contributed by atoms with Crippen molar-refractivity contribution in [3.63, 3.8) is 0 Å². The molecule has 2 N–H and O–H groups in total. The zero-order valence-corrected chi connectivity index (χ0v) is 12.4. The van der Waals surface area contributed by atoms with E-state index in [0.717, 1.165) is 12.8 Å². The standard InChI is InChI=1S/C15H20F2N2O3/c1-10-4-5-11(7-13(10)22-9-14(16)17)18-15(21)19-6-2-3-12(19)8-20/h4-5,7,12,14,20H,2-3,6,8-9H2,1H3,(H,18,21)/t12-/m0/s1. The van der Waals surface area contributed by atoms with Crippen molar-refractivity contribution in [2.45, 2.75) is 32.2 Å². The maximum Gasteiger partial charge on any atom is 0.322 e. The molecule has 1 aromatic carbocycles. The van der Waals surface area contributed by atoms with E-state index < -0.39 is 13.0 Å². The van der Waals surface area contributed by atoms with E-state index in [-0.39, 0.29) is 18.7 Å². The molecule has 0 saturated carbocycles. The number of aliphatic hydroxyl groups excluding tert-OH is 1. The lowest BCUT2D eigenvalue weighted by Gasteiger charge is -2.23. The Labute approximate surface area is 127 Å². The summed E-state index contributed by atoms with van der Waals surface area (Å²) in [6.07, 6.45) is -0.914. The second-order valence-corrected chi connectivity index (χ2v) is 5.28. The Morgan fingerprint density at radius 1 is 1.55 bits per heavy atom. The number of carbonyl (C=O) groups is 1. The van der Waals surface area contributed by atoms with Gasteiger partial charge in [0, 0.05) is 18.3 Å². The number of anilines is 1. The highest BCUT2D eigenvalue weighted by atomic mass is 19.3. The van der Waals surface area contributed by atoms with Gasteiger partial charge < -0.3 is 20.1 Å². The summed E-state index contributed by atoms with van der Waals surface area (Å²) in [6, 6.07) is 4.44. The predicted molar refractivity (Wildman–Crippen MR) is 78.5 cm³/mol. The number of ether oxygens (including phenoxy) is 1. The third-order valence-corrected chi connectivity index (χ3v) is 3.65. The van der Waals surface area contributed by atoms with E-state index in [0.29, 0.717) is 23.5 Å². The Balaban J connectivity index is 2.03. The maximum atomic E-state index is 12.2. The third kappa shape index (κ3) is 4.07. The van der Waals surface area contributed by atoms with Crippen LogP contribution in [-0.4, -0.2) is 48.3 Å². The first kappa shape index (κ1) is 16.5. The molecule has 2 amide bonds. The zero-order chi connectivity index (χ0) is 16.1. The molecule has 1 atom stereocenters. The molecule has 7 heteroatoms. The number of hydrogen-bond donors (Lipinski definition) is 2. The Morgan fingerprint density at radius 2 is 2.32 bits per heavy atom. The third-order valence-electron chi connectivity index (χ3n) is 3.65. The number of benzene rings is 1. The highest BCUT2D eigenvalue weighted by Gasteiger charge is 2.28. The Hall–Kier alpha value is -1.89. The van der Waals surface area contributed by atoms with Gasteiger partial charge in [0.1, 0.15) is 12.4 Å². The molecular weight excluding hydrogens is 294 g/mol. The molecule has 1 aliphatic rings. The van der Waals surface area contributed by atoms with Gasteiger partial charge in [0.15, 0.2) is 0 Å². The Bertz CT molecular complexity index is 526. The van der Waals surface area contributed by atoms with Crippen LogP contribution < -0.4 is 10.1 Å². The first-order valence-electron chi connectivity index (χ1n) is 7.21. The zero-order valence-electron chi connectivity index (χ0n) is 12.4. The molecule has 0 aromatic heterocycles. The van der Waals surface area contributed by atoms with Gasteiger partial charge in [0.05, 0.1) is 12.6 Å². The van der Waals surface area contributed by atoms with Gasteiger partial charge in [-0.2, -0.15) is 0 Å². The molecule has 0 bridgehead atoms. The first-order valence-corrected chi connectivity index (χ1v) is 7.21. The van der Waals surface area contributed by atoms with Crippen LogP contribution in [-0.2, 0) is 0 Å². The van der Waals surface area contributed by atoms with E-state index in [2.05, 4.69) is 5.32 Å². The number of aryl methyl sites for hydroxylation is 1. The molecule has 0 radical (unpaired) electrons. The van der Waals surface area contributed by atoms with Gasteiger partial charge in [-0.3, -0.25) is 0 Å². The van der Waals surface area contributed by atoms with E-state index in [1.807, 2.05) is 0 Å². The first-order chi connectivity index (χ1) is 10.5. The van der Waals surface area contributed by atoms with Crippen molar-refractivity contribution in [2.75, 3.05) is 25.1 Å². The van der Waals surface area contributed by atoms with Gasteiger partial charge in [-0.05, 0) is 31.4 Å². The quantitative estimate of drug-likeness (QED) is 0.878. The molecule has 1 aromatic rings. The van der Waals surface area contributed by atoms with E-state index in [4.69, 9.17) is 4.74 Å². The fourth-order valence-electron chi connectivity index (χ4n) is 2.47. The van der Waals surface area contributed by atoms with Crippen molar-refractivity contribution in [1.82, 2.24) is 4.90 Å². The number of aliphatic hydroxyl groups is 1. The Morgan fingerprint density at radius 3 is 3.00 bits per heavy atom. The molecule has 0 aliphatic carbocycles. The number of likely N-dealkylation sites (tertiary alicyclic amines) is 1. The smallest absolute Gasteiger partial charge is 0.322 e. The molecule has 5 nitrogen and oxygen atoms in total. The lowest BCUT2D eigenvalue weighted by molar-refractivity contribution is 0.0816. The van der Waals surface area contributed by atoms with E-state index in [1.165, 1.54) is 6.07 Å². The van der Waals surface area contributed by atoms with Crippen LogP contribution in [0.3, 0.4) is 0 Å². The van der Waals surface area contributed by atoms with Gasteiger partial charge >= 0.3 is 6.03 Å². The lowest BCUT2D eigenvalue weighted by atomic mass is 10.2. The highest BCUT2D eigenvalue weighted by molar-refractivity contribution is 5.90. The molecule has 0 spiro atoms. The molecule has 1 aliphatic heterocycles. The number of urea groups is 1. The van der Waals surface area contributed by atoms with Gasteiger partial charge in [-0.1, -0.05) is 6.07 Å². The normalized spacial score (nSPS) is 17.9. The summed E-state index contributed by atoms with van der Waals surface area (Å²) in [5.41, 5.74) is 1.19. The van der Waals surface area contributed by atoms with Crippen molar-refractivity contribution in [3.8, 4) is 5.75 Å². The second kappa shape index (κ2) is 7.40. The van der Waals surface area contributed by atoms with Crippen LogP contribution in [0.1, 0.15) is 18.4 Å². The van der Waals surface area contributed by atoms with Crippen LogP contribution in [0.2, 0.25) is 0 Å². The van der Waals surface area contributed by atoms with Crippen molar-refractivity contribution in [1.29, 1.82) is 0 Å². The SMILES string of the molecule is Cc1ccc(NC(=O)N2CCC[C@H]2CO)cc1OCC(F)F. The number of hydrogen-bond acceptors (Lipinski definition) is 3. The van der Waals surface area contributed by atoms with Gasteiger partial charge in [-0.15, -0.1) is 0 Å². The Kier molecular flexibility index (Phi) is 5.54. The van der Waals surface area contributed by atoms with Crippen LogP contribution >= 0.6 is 0 Å². The molecule has 0 unspecified atom stereocenters. The molecule has 22 heavy (non-hydrogen) atoms. The van der Waals surface area contributed by atoms with Gasteiger partial charge in [0.25, 0.3) is 6.43 Å². The van der Waals surface area contributed by atoms with Crippen molar-refractivity contribution < 1.29 is 23.4 Å². The summed E-state index contributed by atoms with van der Waals surface area (Å²) in [6.45, 7) is 1.59. The van der Waals surface area contributed by atoms with Crippen molar-refractivity contribution in [3.05, 3.63) is 23.8 Å². The summed E-state index contributed by atoms with van der Waals surface area (Å²) in [5.74, 6) is 0.318. The van der Waals surface area contributed by atoms with Crippen molar-refractivity contribution >= 4 is 11.7 Å². The van der Waals surface area contributed by atoms with Crippen LogP contribution in [0.4, 0.5) is 19.3 Å². The van der Waals surface area contributed by atoms with Gasteiger partial charge in [-0.25, -0.2) is 13.6 Å². The number of nitrogens with zero attached hydrogens (tertiary/aromatic N) is 1.